The lowest BCUT2D eigenvalue weighted by atomic mass is 10.2. The van der Waals surface area contributed by atoms with Gasteiger partial charge in [-0.2, -0.15) is 9.40 Å². The van der Waals surface area contributed by atoms with Gasteiger partial charge >= 0.3 is 0 Å². The summed E-state index contributed by atoms with van der Waals surface area (Å²) in [5.74, 6) is 0.699. The SMILES string of the molecule is Cc1cc(Nc2cccc([C@@H]3CN(S(=O)(=O)Cc4ccc(F)cc4)CCO3)n2)nn1C. The summed E-state index contributed by atoms with van der Waals surface area (Å²) in [6, 6.07) is 12.9. The highest BCUT2D eigenvalue weighted by atomic mass is 32.2. The largest absolute Gasteiger partial charge is 0.369 e. The molecule has 1 N–H and O–H groups in total. The van der Waals surface area contributed by atoms with Crippen molar-refractivity contribution in [2.45, 2.75) is 18.8 Å². The summed E-state index contributed by atoms with van der Waals surface area (Å²) in [5, 5.41) is 7.52. The zero-order valence-corrected chi connectivity index (χ0v) is 18.1. The molecule has 10 heteroatoms. The van der Waals surface area contributed by atoms with E-state index in [2.05, 4.69) is 15.4 Å². The molecule has 0 unspecified atom stereocenters. The Morgan fingerprint density at radius 3 is 2.68 bits per heavy atom. The second-order valence-corrected chi connectivity index (χ2v) is 9.44. The van der Waals surface area contributed by atoms with E-state index in [0.29, 0.717) is 22.9 Å². The summed E-state index contributed by atoms with van der Waals surface area (Å²) in [6.07, 6.45) is -0.482. The van der Waals surface area contributed by atoms with Gasteiger partial charge in [-0.15, -0.1) is 0 Å². The van der Waals surface area contributed by atoms with Crippen molar-refractivity contribution in [3.05, 3.63) is 71.3 Å². The Kier molecular flexibility index (Phi) is 6.03. The van der Waals surface area contributed by atoms with Crippen molar-refractivity contribution < 1.29 is 17.5 Å². The third-order valence-corrected chi connectivity index (χ3v) is 6.97. The summed E-state index contributed by atoms with van der Waals surface area (Å²) in [6.45, 7) is 2.67. The van der Waals surface area contributed by atoms with Gasteiger partial charge in [0.1, 0.15) is 17.7 Å². The highest BCUT2D eigenvalue weighted by molar-refractivity contribution is 7.88. The summed E-state index contributed by atoms with van der Waals surface area (Å²) in [7, 11) is -1.71. The van der Waals surface area contributed by atoms with Gasteiger partial charge in [0.2, 0.25) is 10.0 Å². The molecule has 1 fully saturated rings. The summed E-state index contributed by atoms with van der Waals surface area (Å²) in [4.78, 5) is 4.59. The molecule has 8 nitrogen and oxygen atoms in total. The fourth-order valence-electron chi connectivity index (χ4n) is 3.39. The van der Waals surface area contributed by atoms with Gasteiger partial charge in [-0.3, -0.25) is 4.68 Å². The average molecular weight is 446 g/mol. The number of aryl methyl sites for hydroxylation is 2. The quantitative estimate of drug-likeness (QED) is 0.628. The Bertz CT molecular complexity index is 1140. The number of hydrogen-bond acceptors (Lipinski definition) is 6. The van der Waals surface area contributed by atoms with E-state index in [9.17, 15) is 12.8 Å². The zero-order chi connectivity index (χ0) is 22.0. The summed E-state index contributed by atoms with van der Waals surface area (Å²) < 4.78 is 47.9. The molecule has 1 aliphatic heterocycles. The number of aromatic nitrogens is 3. The Morgan fingerprint density at radius 2 is 1.97 bits per heavy atom. The Morgan fingerprint density at radius 1 is 1.19 bits per heavy atom. The van der Waals surface area contributed by atoms with Crippen LogP contribution in [0.25, 0.3) is 0 Å². The minimum absolute atomic E-state index is 0.169. The first-order valence-electron chi connectivity index (χ1n) is 9.89. The second-order valence-electron chi connectivity index (χ2n) is 7.47. The van der Waals surface area contributed by atoms with Crippen LogP contribution in [0.1, 0.15) is 23.1 Å². The summed E-state index contributed by atoms with van der Waals surface area (Å²) >= 11 is 0. The monoisotopic (exact) mass is 445 g/mol. The van der Waals surface area contributed by atoms with Crippen LogP contribution in [-0.2, 0) is 27.6 Å². The van der Waals surface area contributed by atoms with E-state index in [-0.39, 0.29) is 25.4 Å². The first kappa shape index (κ1) is 21.4. The van der Waals surface area contributed by atoms with Crippen LogP contribution in [-0.4, -0.2) is 47.2 Å². The molecule has 4 rings (SSSR count). The smallest absolute Gasteiger partial charge is 0.218 e. The number of pyridine rings is 1. The number of ether oxygens (including phenoxy) is 1. The molecule has 0 spiro atoms. The van der Waals surface area contributed by atoms with Crippen LogP contribution in [0.4, 0.5) is 16.0 Å². The first-order chi connectivity index (χ1) is 14.8. The lowest BCUT2D eigenvalue weighted by molar-refractivity contribution is -0.00490. The predicted molar refractivity (Wildman–Crippen MR) is 115 cm³/mol. The van der Waals surface area contributed by atoms with Gasteiger partial charge in [0.25, 0.3) is 0 Å². The normalized spacial score (nSPS) is 17.6. The standard InChI is InChI=1S/C21H24FN5O3S/c1-15-12-21(25-26(15)2)24-20-5-3-4-18(23-20)19-13-27(10-11-30-19)31(28,29)14-16-6-8-17(22)9-7-16/h3-9,12,19H,10-11,13-14H2,1-2H3,(H,23,24,25)/t19-/m0/s1. The third-order valence-electron chi connectivity index (χ3n) is 5.16. The van der Waals surface area contributed by atoms with Crippen LogP contribution in [0.3, 0.4) is 0 Å². The van der Waals surface area contributed by atoms with Gasteiger partial charge in [-0.05, 0) is 36.8 Å². The fourth-order valence-corrected chi connectivity index (χ4v) is 4.90. The molecule has 0 bridgehead atoms. The van der Waals surface area contributed by atoms with E-state index >= 15 is 0 Å². The van der Waals surface area contributed by atoms with E-state index < -0.39 is 21.9 Å². The van der Waals surface area contributed by atoms with Gasteiger partial charge in [0.15, 0.2) is 5.82 Å². The Balaban J connectivity index is 1.47. The lowest BCUT2D eigenvalue weighted by Crippen LogP contribution is -2.42. The molecule has 164 valence electrons. The predicted octanol–water partition coefficient (Wildman–Crippen LogP) is 2.91. The van der Waals surface area contributed by atoms with Gasteiger partial charge in [0, 0.05) is 31.9 Å². The van der Waals surface area contributed by atoms with E-state index in [1.165, 1.54) is 28.6 Å². The number of morpholine rings is 1. The van der Waals surface area contributed by atoms with Gasteiger partial charge in [0.05, 0.1) is 18.1 Å². The molecule has 3 heterocycles. The van der Waals surface area contributed by atoms with Crippen LogP contribution >= 0.6 is 0 Å². The number of anilines is 2. The van der Waals surface area contributed by atoms with Crippen molar-refractivity contribution in [2.24, 2.45) is 7.05 Å². The number of benzene rings is 1. The maximum atomic E-state index is 13.1. The van der Waals surface area contributed by atoms with Crippen LogP contribution < -0.4 is 5.32 Å². The molecule has 3 aromatic rings. The first-order valence-corrected chi connectivity index (χ1v) is 11.5. The molecule has 1 atom stereocenters. The van der Waals surface area contributed by atoms with E-state index in [1.807, 2.05) is 38.2 Å². The van der Waals surface area contributed by atoms with E-state index in [0.717, 1.165) is 5.69 Å². The fraction of sp³-hybridized carbons (Fsp3) is 0.333. The minimum Gasteiger partial charge on any atom is -0.369 e. The molecule has 31 heavy (non-hydrogen) atoms. The maximum absolute atomic E-state index is 13.1. The zero-order valence-electron chi connectivity index (χ0n) is 17.3. The van der Waals surface area contributed by atoms with Crippen LogP contribution in [0.5, 0.6) is 0 Å². The molecule has 0 radical (unpaired) electrons. The molecular formula is C21H24FN5O3S. The van der Waals surface area contributed by atoms with Crippen molar-refractivity contribution in [1.82, 2.24) is 19.1 Å². The Labute approximate surface area is 180 Å². The molecular weight excluding hydrogens is 421 g/mol. The summed E-state index contributed by atoms with van der Waals surface area (Å²) in [5.41, 5.74) is 2.19. The minimum atomic E-state index is -3.58. The van der Waals surface area contributed by atoms with Crippen molar-refractivity contribution in [2.75, 3.05) is 25.0 Å². The topological polar surface area (TPSA) is 89.3 Å². The molecule has 0 saturated carbocycles. The van der Waals surface area contributed by atoms with Gasteiger partial charge < -0.3 is 10.1 Å². The van der Waals surface area contributed by atoms with Crippen molar-refractivity contribution >= 4 is 21.7 Å². The van der Waals surface area contributed by atoms with Crippen LogP contribution in [0, 0.1) is 12.7 Å². The van der Waals surface area contributed by atoms with Gasteiger partial charge in [-0.1, -0.05) is 18.2 Å². The highest BCUT2D eigenvalue weighted by Crippen LogP contribution is 2.25. The van der Waals surface area contributed by atoms with Crippen molar-refractivity contribution in [1.29, 1.82) is 0 Å². The molecule has 0 aliphatic carbocycles. The van der Waals surface area contributed by atoms with Gasteiger partial charge in [-0.25, -0.2) is 17.8 Å². The molecule has 1 aromatic carbocycles. The molecule has 2 aromatic heterocycles. The van der Waals surface area contributed by atoms with E-state index in [4.69, 9.17) is 4.74 Å². The molecule has 1 aliphatic rings. The number of halogens is 1. The van der Waals surface area contributed by atoms with Crippen LogP contribution in [0.2, 0.25) is 0 Å². The molecule has 1 saturated heterocycles. The highest BCUT2D eigenvalue weighted by Gasteiger charge is 2.31. The second kappa shape index (κ2) is 8.74. The number of nitrogens with one attached hydrogen (secondary N) is 1. The molecule has 0 amide bonds. The Hall–Kier alpha value is -2.82. The average Bonchev–Trinajstić information content (AvgIpc) is 3.06. The van der Waals surface area contributed by atoms with Crippen molar-refractivity contribution in [3.63, 3.8) is 0 Å². The maximum Gasteiger partial charge on any atom is 0.218 e. The lowest BCUT2D eigenvalue weighted by Gasteiger charge is -2.32. The number of sulfonamides is 1. The van der Waals surface area contributed by atoms with Crippen LogP contribution in [0.15, 0.2) is 48.5 Å². The number of hydrogen-bond donors (Lipinski definition) is 1. The number of rotatable bonds is 6. The van der Waals surface area contributed by atoms with Crippen molar-refractivity contribution in [3.8, 4) is 0 Å². The number of nitrogens with zero attached hydrogens (tertiary/aromatic N) is 4. The third kappa shape index (κ3) is 5.09. The van der Waals surface area contributed by atoms with E-state index in [1.54, 1.807) is 4.68 Å².